The number of aromatic nitrogens is 2. The molecule has 2 amide bonds. The Bertz CT molecular complexity index is 1000. The van der Waals surface area contributed by atoms with E-state index in [1.807, 2.05) is 56.3 Å². The number of likely N-dealkylation sites (N-methyl/N-ethyl adjacent to an activating group) is 1. The molecule has 0 spiro atoms. The second kappa shape index (κ2) is 9.25. The molecule has 1 unspecified atom stereocenters. The summed E-state index contributed by atoms with van der Waals surface area (Å²) >= 11 is 0. The van der Waals surface area contributed by atoms with Gasteiger partial charge in [0.2, 0.25) is 5.91 Å². The van der Waals surface area contributed by atoms with Crippen molar-refractivity contribution >= 4 is 22.7 Å². The van der Waals surface area contributed by atoms with Gasteiger partial charge in [-0.05, 0) is 49.7 Å². The van der Waals surface area contributed by atoms with Crippen LogP contribution in [0.25, 0.3) is 10.9 Å². The molecule has 3 aromatic rings. The Labute approximate surface area is 170 Å². The third kappa shape index (κ3) is 4.75. The summed E-state index contributed by atoms with van der Waals surface area (Å²) in [5, 5.41) is 4.25. The van der Waals surface area contributed by atoms with Gasteiger partial charge in [0.05, 0.1) is 11.2 Å². The Kier molecular flexibility index (Phi) is 6.51. The Morgan fingerprint density at radius 2 is 1.90 bits per heavy atom. The van der Waals surface area contributed by atoms with E-state index in [0.717, 1.165) is 10.9 Å². The number of nitrogens with zero attached hydrogens (tertiary/aromatic N) is 3. The number of primary amides is 1. The van der Waals surface area contributed by atoms with Gasteiger partial charge in [0.15, 0.2) is 0 Å². The standard InChI is InChI=1S/C22H25N5O2/c1-3-27(4-2)22(29)20(18-7-5-6-12-24-18)25-14-15-8-10-17-16(13-15)9-11-19(26-17)21(23)28/h5-13,20,25H,3-4,14H2,1-2H3,(H2,23,28). The fourth-order valence-corrected chi connectivity index (χ4v) is 3.23. The maximum Gasteiger partial charge on any atom is 0.267 e. The number of carbonyl (C=O) groups excluding carboxylic acids is 2. The second-order valence-corrected chi connectivity index (χ2v) is 6.67. The molecule has 0 aliphatic carbocycles. The van der Waals surface area contributed by atoms with E-state index in [1.165, 1.54) is 0 Å². The Morgan fingerprint density at radius 3 is 2.55 bits per heavy atom. The van der Waals surface area contributed by atoms with Crippen molar-refractivity contribution in [2.24, 2.45) is 5.73 Å². The van der Waals surface area contributed by atoms with E-state index in [9.17, 15) is 9.59 Å². The Balaban J connectivity index is 1.82. The monoisotopic (exact) mass is 391 g/mol. The number of carbonyl (C=O) groups is 2. The number of amides is 2. The number of nitrogens with two attached hydrogens (primary N) is 1. The highest BCUT2D eigenvalue weighted by Crippen LogP contribution is 2.18. The molecule has 150 valence electrons. The first-order valence-electron chi connectivity index (χ1n) is 9.66. The highest BCUT2D eigenvalue weighted by molar-refractivity contribution is 5.93. The van der Waals surface area contributed by atoms with E-state index >= 15 is 0 Å². The van der Waals surface area contributed by atoms with Crippen LogP contribution in [0.1, 0.15) is 41.6 Å². The molecule has 3 rings (SSSR count). The summed E-state index contributed by atoms with van der Waals surface area (Å²) in [5.41, 5.74) is 7.92. The zero-order chi connectivity index (χ0) is 20.8. The highest BCUT2D eigenvalue weighted by atomic mass is 16.2. The quantitative estimate of drug-likeness (QED) is 0.614. The van der Waals surface area contributed by atoms with Crippen LogP contribution >= 0.6 is 0 Å². The lowest BCUT2D eigenvalue weighted by Crippen LogP contribution is -2.41. The van der Waals surface area contributed by atoms with Crippen LogP contribution < -0.4 is 11.1 Å². The summed E-state index contributed by atoms with van der Waals surface area (Å²) in [4.78, 5) is 34.7. The van der Waals surface area contributed by atoms with Gasteiger partial charge in [0.25, 0.3) is 5.91 Å². The minimum absolute atomic E-state index is 0.00209. The molecule has 0 radical (unpaired) electrons. The normalized spacial score (nSPS) is 11.9. The van der Waals surface area contributed by atoms with Crippen molar-refractivity contribution in [2.75, 3.05) is 13.1 Å². The van der Waals surface area contributed by atoms with Crippen molar-refractivity contribution in [1.29, 1.82) is 0 Å². The summed E-state index contributed by atoms with van der Waals surface area (Å²) in [5.74, 6) is -0.548. The number of rotatable bonds is 8. The molecule has 2 aromatic heterocycles. The maximum atomic E-state index is 13.0. The summed E-state index contributed by atoms with van der Waals surface area (Å²) < 4.78 is 0. The van der Waals surface area contributed by atoms with Crippen molar-refractivity contribution in [2.45, 2.75) is 26.4 Å². The molecule has 2 heterocycles. The first-order chi connectivity index (χ1) is 14.0. The van der Waals surface area contributed by atoms with Crippen molar-refractivity contribution in [3.8, 4) is 0 Å². The fraction of sp³-hybridized carbons (Fsp3) is 0.273. The fourth-order valence-electron chi connectivity index (χ4n) is 3.23. The van der Waals surface area contributed by atoms with Crippen LogP contribution in [0.2, 0.25) is 0 Å². The molecule has 3 N–H and O–H groups in total. The van der Waals surface area contributed by atoms with Crippen molar-refractivity contribution in [3.05, 3.63) is 71.7 Å². The molecule has 29 heavy (non-hydrogen) atoms. The maximum absolute atomic E-state index is 13.0. The average molecular weight is 391 g/mol. The minimum atomic E-state index is -0.550. The van der Waals surface area contributed by atoms with Gasteiger partial charge in [-0.1, -0.05) is 18.2 Å². The number of hydrogen-bond donors (Lipinski definition) is 2. The van der Waals surface area contributed by atoms with Gasteiger partial charge < -0.3 is 10.6 Å². The number of fused-ring (bicyclic) bond motifs is 1. The topological polar surface area (TPSA) is 101 Å². The summed E-state index contributed by atoms with van der Waals surface area (Å²) in [6.07, 6.45) is 1.69. The minimum Gasteiger partial charge on any atom is -0.364 e. The number of hydrogen-bond acceptors (Lipinski definition) is 5. The molecule has 0 saturated carbocycles. The molecule has 0 aliphatic heterocycles. The number of nitrogens with one attached hydrogen (secondary N) is 1. The van der Waals surface area contributed by atoms with E-state index in [0.29, 0.717) is 30.8 Å². The molecule has 1 aromatic carbocycles. The third-order valence-corrected chi connectivity index (χ3v) is 4.82. The Morgan fingerprint density at radius 1 is 1.10 bits per heavy atom. The Hall–Kier alpha value is -3.32. The van der Waals surface area contributed by atoms with Crippen LogP contribution in [0, 0.1) is 0 Å². The van der Waals surface area contributed by atoms with Crippen LogP contribution in [0.15, 0.2) is 54.7 Å². The van der Waals surface area contributed by atoms with E-state index < -0.39 is 11.9 Å². The van der Waals surface area contributed by atoms with Crippen molar-refractivity contribution in [3.63, 3.8) is 0 Å². The van der Waals surface area contributed by atoms with Crippen molar-refractivity contribution in [1.82, 2.24) is 20.2 Å². The third-order valence-electron chi connectivity index (χ3n) is 4.82. The summed E-state index contributed by atoms with van der Waals surface area (Å²) in [7, 11) is 0. The van der Waals surface area contributed by atoms with Gasteiger partial charge in [-0.15, -0.1) is 0 Å². The lowest BCUT2D eigenvalue weighted by Gasteiger charge is -2.25. The molecular weight excluding hydrogens is 366 g/mol. The molecule has 0 bridgehead atoms. The predicted octanol–water partition coefficient (Wildman–Crippen LogP) is 2.43. The molecule has 0 fully saturated rings. The van der Waals surface area contributed by atoms with Gasteiger partial charge in [-0.3, -0.25) is 19.9 Å². The van der Waals surface area contributed by atoms with Crippen LogP contribution in [0.3, 0.4) is 0 Å². The average Bonchev–Trinajstić information content (AvgIpc) is 2.75. The molecule has 0 aliphatic rings. The molecule has 7 nitrogen and oxygen atoms in total. The largest absolute Gasteiger partial charge is 0.364 e. The molecular formula is C22H25N5O2. The molecule has 7 heteroatoms. The number of pyridine rings is 2. The van der Waals surface area contributed by atoms with Crippen molar-refractivity contribution < 1.29 is 9.59 Å². The van der Waals surface area contributed by atoms with Gasteiger partial charge in [0.1, 0.15) is 11.7 Å². The zero-order valence-corrected chi connectivity index (χ0v) is 16.6. The highest BCUT2D eigenvalue weighted by Gasteiger charge is 2.25. The smallest absolute Gasteiger partial charge is 0.267 e. The molecule has 1 atom stereocenters. The number of benzene rings is 1. The van der Waals surface area contributed by atoms with E-state index in [1.54, 1.807) is 17.2 Å². The van der Waals surface area contributed by atoms with Gasteiger partial charge >= 0.3 is 0 Å². The summed E-state index contributed by atoms with van der Waals surface area (Å²) in [6.45, 7) is 5.71. The predicted molar refractivity (Wildman–Crippen MR) is 112 cm³/mol. The van der Waals surface area contributed by atoms with E-state index in [-0.39, 0.29) is 11.6 Å². The molecule has 0 saturated heterocycles. The van der Waals surface area contributed by atoms with Gasteiger partial charge in [-0.25, -0.2) is 4.98 Å². The first kappa shape index (κ1) is 20.4. The van der Waals surface area contributed by atoms with Crippen LogP contribution in [-0.4, -0.2) is 39.8 Å². The lowest BCUT2D eigenvalue weighted by atomic mass is 10.1. The first-order valence-corrected chi connectivity index (χ1v) is 9.66. The van der Waals surface area contributed by atoms with Crippen LogP contribution in [-0.2, 0) is 11.3 Å². The summed E-state index contributed by atoms with van der Waals surface area (Å²) in [6, 6.07) is 14.2. The van der Waals surface area contributed by atoms with Crippen LogP contribution in [0.5, 0.6) is 0 Å². The van der Waals surface area contributed by atoms with E-state index in [2.05, 4.69) is 15.3 Å². The zero-order valence-electron chi connectivity index (χ0n) is 16.6. The second-order valence-electron chi connectivity index (χ2n) is 6.67. The van der Waals surface area contributed by atoms with E-state index in [4.69, 9.17) is 5.73 Å². The van der Waals surface area contributed by atoms with Crippen LogP contribution in [0.4, 0.5) is 0 Å². The lowest BCUT2D eigenvalue weighted by molar-refractivity contribution is -0.133. The van der Waals surface area contributed by atoms with Gasteiger partial charge in [-0.2, -0.15) is 0 Å². The SMILES string of the molecule is CCN(CC)C(=O)C(NCc1ccc2nc(C(N)=O)ccc2c1)c1ccccn1. The van der Waals surface area contributed by atoms with Gasteiger partial charge in [0, 0.05) is 31.2 Å².